The monoisotopic (exact) mass is 853 g/mol. The van der Waals surface area contributed by atoms with E-state index in [0.29, 0.717) is 18.6 Å². The van der Waals surface area contributed by atoms with Gasteiger partial charge >= 0.3 is 29.6 Å². The first kappa shape index (κ1) is 33.9. The fraction of sp³-hybridized carbons (Fsp3) is 0.133. The van der Waals surface area contributed by atoms with Crippen molar-refractivity contribution >= 4 is 96.3 Å². The maximum atomic E-state index is 10.8. The van der Waals surface area contributed by atoms with Crippen LogP contribution in [0.5, 0.6) is 17.2 Å². The summed E-state index contributed by atoms with van der Waals surface area (Å²) >= 11 is 8.37. The smallest absolute Gasteiger partial charge is 0.548 e. The summed E-state index contributed by atoms with van der Waals surface area (Å²) in [6.45, 7) is 0. The molecule has 2 rings (SSSR count). The Morgan fingerprint density at radius 1 is 1.00 bits per heavy atom. The zero-order valence-electron chi connectivity index (χ0n) is 14.4. The van der Waals surface area contributed by atoms with Gasteiger partial charge in [-0.15, -0.1) is 0 Å². The fourth-order valence-corrected chi connectivity index (χ4v) is 5.71. The van der Waals surface area contributed by atoms with Crippen LogP contribution in [0.25, 0.3) is 0 Å². The predicted molar refractivity (Wildman–Crippen MR) is 133 cm³/mol. The first-order valence-electron chi connectivity index (χ1n) is 6.49. The van der Waals surface area contributed by atoms with E-state index < -0.39 is 12.0 Å². The van der Waals surface area contributed by atoms with Gasteiger partial charge in [-0.1, -0.05) is 0 Å². The molecule has 0 bridgehead atoms. The molecule has 0 aromatic heterocycles. The molecule has 0 unspecified atom stereocenters. The topological polar surface area (TPSA) is 190 Å². The van der Waals surface area contributed by atoms with Crippen LogP contribution in [-0.4, -0.2) is 33.5 Å². The van der Waals surface area contributed by atoms with E-state index in [4.69, 9.17) is 10.5 Å². The van der Waals surface area contributed by atoms with E-state index >= 15 is 0 Å². The molecule has 28 heavy (non-hydrogen) atoms. The van der Waals surface area contributed by atoms with Crippen molar-refractivity contribution < 1.29 is 65.7 Å². The molecule has 2 aromatic rings. The summed E-state index contributed by atoms with van der Waals surface area (Å²) in [5.74, 6) is 0.268. The van der Waals surface area contributed by atoms with Gasteiger partial charge in [-0.05, 0) is 127 Å². The Hall–Kier alpha value is 1.27. The van der Waals surface area contributed by atoms with Gasteiger partial charge in [0.05, 0.1) is 20.3 Å². The minimum absolute atomic E-state index is 0. The largest absolute Gasteiger partial charge is 1.00 e. The number of phenolic OH excluding ortho intramolecular Hbond substituents is 1. The minimum atomic E-state index is -1.27. The maximum absolute atomic E-state index is 10.8. The summed E-state index contributed by atoms with van der Waals surface area (Å²) in [7, 11) is 0. The number of benzene rings is 2. The molecule has 0 amide bonds. The van der Waals surface area contributed by atoms with Gasteiger partial charge < -0.3 is 41.9 Å². The number of halogens is 4. The van der Waals surface area contributed by atoms with Crippen LogP contribution in [0.2, 0.25) is 0 Å². The third-order valence-electron chi connectivity index (χ3n) is 3.03. The number of carbonyl (C=O) groups excluding carboxylic acids is 1. The zero-order chi connectivity index (χ0) is 18.0. The van der Waals surface area contributed by atoms with E-state index in [0.717, 1.165) is 12.7 Å². The molecule has 152 valence electrons. The molecule has 0 aliphatic heterocycles. The van der Waals surface area contributed by atoms with Gasteiger partial charge in [0.25, 0.3) is 0 Å². The number of nitrogens with two attached hydrogens (primary N) is 1. The molecule has 0 spiro atoms. The van der Waals surface area contributed by atoms with Crippen molar-refractivity contribution in [1.82, 2.24) is 0 Å². The number of aliphatic carboxylic acids is 1. The molecule has 0 fully saturated rings. The summed E-state index contributed by atoms with van der Waals surface area (Å²) in [5.41, 5.74) is 6.34. The minimum Gasteiger partial charge on any atom is -0.548 e. The average Bonchev–Trinajstić information content (AvgIpc) is 2.48. The molecule has 8 nitrogen and oxygen atoms in total. The molecule has 9 N–H and O–H groups in total. The molecule has 0 saturated carbocycles. The molecular weight excluding hydrogens is 837 g/mol. The van der Waals surface area contributed by atoms with Crippen LogP contribution in [0.15, 0.2) is 24.3 Å². The van der Waals surface area contributed by atoms with E-state index in [1.165, 1.54) is 0 Å². The number of carboxylic acids is 1. The first-order valence-corrected chi connectivity index (χ1v) is 10.8. The van der Waals surface area contributed by atoms with Crippen LogP contribution in [0.1, 0.15) is 5.56 Å². The van der Waals surface area contributed by atoms with E-state index in [1.54, 1.807) is 12.1 Å². The van der Waals surface area contributed by atoms with Crippen molar-refractivity contribution in [2.24, 2.45) is 5.73 Å². The van der Waals surface area contributed by atoms with Gasteiger partial charge in [0.2, 0.25) is 0 Å². The van der Waals surface area contributed by atoms with Crippen LogP contribution >= 0.6 is 90.4 Å². The Bertz CT molecular complexity index is 764. The second-order valence-corrected chi connectivity index (χ2v) is 9.50. The Balaban J connectivity index is -0.00000156. The zero-order valence-corrected chi connectivity index (χ0v) is 25.0. The molecule has 0 aliphatic carbocycles. The summed E-state index contributed by atoms with van der Waals surface area (Å²) in [4.78, 5) is 10.8. The quantitative estimate of drug-likeness (QED) is 0.254. The van der Waals surface area contributed by atoms with E-state index in [-0.39, 0.29) is 58.2 Å². The fourth-order valence-electron chi connectivity index (χ4n) is 1.88. The van der Waals surface area contributed by atoms with Crippen molar-refractivity contribution in [1.29, 1.82) is 0 Å². The first-order chi connectivity index (χ1) is 11.2. The molecule has 2 aromatic carbocycles. The molecule has 1 atom stereocenters. The van der Waals surface area contributed by atoms with E-state index in [9.17, 15) is 15.0 Å². The molecule has 13 heteroatoms. The normalized spacial score (nSPS) is 10.3. The maximum Gasteiger partial charge on any atom is 1.00 e. The third kappa shape index (κ3) is 9.18. The van der Waals surface area contributed by atoms with Crippen LogP contribution in [0, 0.1) is 14.3 Å². The average molecular weight is 853 g/mol. The van der Waals surface area contributed by atoms with Gasteiger partial charge in [-0.3, -0.25) is 0 Å². The van der Waals surface area contributed by atoms with Crippen LogP contribution in [0.4, 0.5) is 0 Å². The van der Waals surface area contributed by atoms with Crippen LogP contribution in [0.3, 0.4) is 0 Å². The molecule has 0 heterocycles. The van der Waals surface area contributed by atoms with Crippen LogP contribution in [-0.2, 0) is 11.2 Å². The predicted octanol–water partition coefficient (Wildman–Crippen LogP) is -2.25. The van der Waals surface area contributed by atoms with E-state index in [1.807, 2.05) is 57.3 Å². The molecule has 0 saturated heterocycles. The van der Waals surface area contributed by atoms with Crippen molar-refractivity contribution in [2.45, 2.75) is 12.5 Å². The molecular formula is C15H16I4NNaO7. The number of rotatable bonds is 5. The second-order valence-electron chi connectivity index (χ2n) is 4.86. The standard InChI is InChI=1S/C15H11I4NO4.Na.3H2O/c16-8-4-7(5-9(17)13(8)21)24-14-10(18)1-6(2-11(14)19)3-12(20)15(22)23;;;;/h1-2,4-5,12,21H,3,20H2,(H,22,23);;3*1H2/q;+1;;;/p-1/t12-;;;;/m0..../s1. The van der Waals surface area contributed by atoms with Gasteiger partial charge in [-0.25, -0.2) is 0 Å². The van der Waals surface area contributed by atoms with Gasteiger partial charge in [0.1, 0.15) is 11.5 Å². The van der Waals surface area contributed by atoms with Crippen molar-refractivity contribution in [3.63, 3.8) is 0 Å². The van der Waals surface area contributed by atoms with Crippen LogP contribution < -0.4 is 45.1 Å². The number of carboxylic acid groups (broad SMARTS) is 1. The van der Waals surface area contributed by atoms with Gasteiger partial charge in [-0.2, -0.15) is 0 Å². The Morgan fingerprint density at radius 3 is 1.82 bits per heavy atom. The molecule has 0 radical (unpaired) electrons. The number of aromatic hydroxyl groups is 1. The third-order valence-corrected chi connectivity index (χ3v) is 6.27. The Kier molecular flexibility index (Phi) is 18.3. The number of phenols is 1. The Morgan fingerprint density at radius 2 is 1.43 bits per heavy atom. The summed E-state index contributed by atoms with van der Waals surface area (Å²) < 4.78 is 9.07. The number of hydrogen-bond acceptors (Lipinski definition) is 5. The van der Waals surface area contributed by atoms with Crippen molar-refractivity contribution in [3.05, 3.63) is 44.1 Å². The van der Waals surface area contributed by atoms with E-state index in [2.05, 4.69) is 45.2 Å². The van der Waals surface area contributed by atoms with Crippen molar-refractivity contribution in [3.8, 4) is 17.2 Å². The summed E-state index contributed by atoms with van der Waals surface area (Å²) in [5, 5.41) is 20.6. The Labute approximate surface area is 238 Å². The number of ether oxygens (including phenoxy) is 1. The number of carbonyl (C=O) groups is 1. The van der Waals surface area contributed by atoms with Gasteiger partial charge in [0.15, 0.2) is 5.75 Å². The number of hydrogen-bond donors (Lipinski definition) is 2. The SMILES string of the molecule is N[C@@H](Cc1cc(I)c(Oc2cc(I)c(O)c(I)c2)c(I)c1)C(=O)[O-].O.O.O.[Na+]. The molecule has 0 aliphatic rings. The van der Waals surface area contributed by atoms with Crippen molar-refractivity contribution in [2.75, 3.05) is 0 Å². The summed E-state index contributed by atoms with van der Waals surface area (Å²) in [6.07, 6.45) is 0.198. The summed E-state index contributed by atoms with van der Waals surface area (Å²) in [6, 6.07) is 6.16. The second kappa shape index (κ2) is 15.1. The van der Waals surface area contributed by atoms with Gasteiger partial charge in [0, 0.05) is 6.04 Å².